The molecule has 0 aliphatic carbocycles. The molecule has 1 saturated heterocycles. The fraction of sp³-hybridized carbons (Fsp3) is 0.500. The van der Waals surface area contributed by atoms with E-state index in [2.05, 4.69) is 12.2 Å². The van der Waals surface area contributed by atoms with E-state index in [0.717, 1.165) is 6.54 Å². The number of nitrogens with one attached hydrogen (secondary N) is 1. The first kappa shape index (κ1) is 18.4. The van der Waals surface area contributed by atoms with Crippen molar-refractivity contribution in [2.45, 2.75) is 26.0 Å². The highest BCUT2D eigenvalue weighted by atomic mass is 35.5. The van der Waals surface area contributed by atoms with Crippen LogP contribution in [0.5, 0.6) is 5.75 Å². The smallest absolute Gasteiger partial charge is 0.263 e. The topological polar surface area (TPSA) is 41.6 Å². The molecule has 1 aliphatic rings. The van der Waals surface area contributed by atoms with Crippen LogP contribution in [0.25, 0.3) is 0 Å². The summed E-state index contributed by atoms with van der Waals surface area (Å²) in [6.45, 7) is 5.97. The molecule has 0 radical (unpaired) electrons. The van der Waals surface area contributed by atoms with Crippen LogP contribution in [-0.4, -0.2) is 42.6 Å². The molecule has 4 nitrogen and oxygen atoms in total. The fourth-order valence-corrected chi connectivity index (χ4v) is 2.54. The van der Waals surface area contributed by atoms with E-state index < -0.39 is 6.10 Å². The molecule has 118 valence electrons. The second kappa shape index (κ2) is 8.08. The molecule has 1 aromatic carbocycles. The van der Waals surface area contributed by atoms with E-state index >= 15 is 0 Å². The van der Waals surface area contributed by atoms with Gasteiger partial charge in [0.05, 0.1) is 5.02 Å². The Balaban J connectivity index is 0.00000220. The van der Waals surface area contributed by atoms with Gasteiger partial charge in [0.25, 0.3) is 5.91 Å². The minimum atomic E-state index is -0.587. The van der Waals surface area contributed by atoms with Crippen molar-refractivity contribution in [3.8, 4) is 5.75 Å². The van der Waals surface area contributed by atoms with Crippen LogP contribution in [0.2, 0.25) is 10.0 Å². The highest BCUT2D eigenvalue weighted by Gasteiger charge is 2.26. The summed E-state index contributed by atoms with van der Waals surface area (Å²) in [5.74, 6) is 0.401. The van der Waals surface area contributed by atoms with Gasteiger partial charge in [-0.15, -0.1) is 12.4 Å². The maximum atomic E-state index is 12.3. The zero-order chi connectivity index (χ0) is 14.7. The third kappa shape index (κ3) is 4.65. The molecule has 2 unspecified atom stereocenters. The van der Waals surface area contributed by atoms with Gasteiger partial charge in [-0.25, -0.2) is 0 Å². The summed E-state index contributed by atoms with van der Waals surface area (Å²) < 4.78 is 5.65. The van der Waals surface area contributed by atoms with Crippen molar-refractivity contribution in [2.75, 3.05) is 19.6 Å². The molecule has 1 aromatic rings. The lowest BCUT2D eigenvalue weighted by molar-refractivity contribution is -0.139. The first-order valence-corrected chi connectivity index (χ1v) is 7.37. The van der Waals surface area contributed by atoms with Crippen molar-refractivity contribution < 1.29 is 9.53 Å². The normalized spacial score (nSPS) is 19.6. The number of nitrogens with zero attached hydrogens (tertiary/aromatic N) is 1. The van der Waals surface area contributed by atoms with Crippen LogP contribution >= 0.6 is 35.6 Å². The maximum absolute atomic E-state index is 12.3. The first-order chi connectivity index (χ1) is 9.49. The standard InChI is InChI=1S/C14H18Cl2N2O2.ClH/c1-9-8-18(7-6-17-9)14(19)10(2)20-12-5-3-4-11(15)13(12)16;/h3-5,9-10,17H,6-8H2,1-2H3;1H. The zero-order valence-electron chi connectivity index (χ0n) is 11.9. The van der Waals surface area contributed by atoms with Gasteiger partial charge in [-0.3, -0.25) is 4.79 Å². The third-order valence-corrected chi connectivity index (χ3v) is 4.05. The molecule has 1 aliphatic heterocycles. The number of halogens is 3. The van der Waals surface area contributed by atoms with Crippen LogP contribution in [0.1, 0.15) is 13.8 Å². The molecule has 0 saturated carbocycles. The van der Waals surface area contributed by atoms with Crippen LogP contribution in [0.4, 0.5) is 0 Å². The van der Waals surface area contributed by atoms with Gasteiger partial charge in [0.1, 0.15) is 10.8 Å². The summed E-state index contributed by atoms with van der Waals surface area (Å²) in [5, 5.41) is 4.05. The maximum Gasteiger partial charge on any atom is 0.263 e. The van der Waals surface area contributed by atoms with Crippen molar-refractivity contribution in [3.63, 3.8) is 0 Å². The average Bonchev–Trinajstić information content (AvgIpc) is 2.43. The van der Waals surface area contributed by atoms with Crippen molar-refractivity contribution in [2.24, 2.45) is 0 Å². The largest absolute Gasteiger partial charge is 0.479 e. The second-order valence-electron chi connectivity index (χ2n) is 4.95. The minimum Gasteiger partial charge on any atom is -0.479 e. The Morgan fingerprint density at radius 1 is 1.48 bits per heavy atom. The molecular weight excluding hydrogens is 335 g/mol. The van der Waals surface area contributed by atoms with E-state index in [9.17, 15) is 4.79 Å². The molecule has 1 fully saturated rings. The monoisotopic (exact) mass is 352 g/mol. The molecular formula is C14H19Cl3N2O2. The molecule has 1 N–H and O–H groups in total. The summed E-state index contributed by atoms with van der Waals surface area (Å²) in [5.41, 5.74) is 0. The van der Waals surface area contributed by atoms with Crippen LogP contribution < -0.4 is 10.1 Å². The summed E-state index contributed by atoms with van der Waals surface area (Å²) in [6, 6.07) is 5.43. The molecule has 1 heterocycles. The SMILES string of the molecule is CC1CN(C(=O)C(C)Oc2cccc(Cl)c2Cl)CCN1.Cl. The predicted octanol–water partition coefficient (Wildman–Crippen LogP) is 3.00. The summed E-state index contributed by atoms with van der Waals surface area (Å²) in [6.07, 6.45) is -0.587. The average molecular weight is 354 g/mol. The van der Waals surface area contributed by atoms with Crippen LogP contribution in [-0.2, 0) is 4.79 Å². The molecule has 7 heteroatoms. The van der Waals surface area contributed by atoms with Crippen molar-refractivity contribution in [1.29, 1.82) is 0 Å². The molecule has 21 heavy (non-hydrogen) atoms. The number of piperazine rings is 1. The molecule has 0 bridgehead atoms. The van der Waals surface area contributed by atoms with Crippen LogP contribution in [0, 0.1) is 0 Å². The van der Waals surface area contributed by atoms with E-state index in [1.807, 2.05) is 4.90 Å². The quantitative estimate of drug-likeness (QED) is 0.908. The third-order valence-electron chi connectivity index (χ3n) is 3.25. The van der Waals surface area contributed by atoms with Gasteiger partial charge in [-0.05, 0) is 26.0 Å². The number of ether oxygens (including phenoxy) is 1. The van der Waals surface area contributed by atoms with E-state index in [1.165, 1.54) is 0 Å². The van der Waals surface area contributed by atoms with E-state index in [1.54, 1.807) is 25.1 Å². The number of hydrogen-bond acceptors (Lipinski definition) is 3. The summed E-state index contributed by atoms with van der Waals surface area (Å²) in [7, 11) is 0. The zero-order valence-corrected chi connectivity index (χ0v) is 14.3. The molecule has 2 atom stereocenters. The highest BCUT2D eigenvalue weighted by Crippen LogP contribution is 2.32. The Morgan fingerprint density at radius 2 is 2.19 bits per heavy atom. The van der Waals surface area contributed by atoms with Gasteiger partial charge in [-0.2, -0.15) is 0 Å². The van der Waals surface area contributed by atoms with Crippen LogP contribution in [0.15, 0.2) is 18.2 Å². The van der Waals surface area contributed by atoms with Gasteiger partial charge in [0.2, 0.25) is 0 Å². The Morgan fingerprint density at radius 3 is 2.86 bits per heavy atom. The number of rotatable bonds is 3. The van der Waals surface area contributed by atoms with E-state index in [0.29, 0.717) is 34.9 Å². The Kier molecular flexibility index (Phi) is 7.07. The number of carbonyl (C=O) groups is 1. The summed E-state index contributed by atoms with van der Waals surface area (Å²) in [4.78, 5) is 14.2. The Hall–Kier alpha value is -0.680. The van der Waals surface area contributed by atoms with Gasteiger partial charge < -0.3 is 15.0 Å². The Bertz CT molecular complexity index is 499. The summed E-state index contributed by atoms with van der Waals surface area (Å²) >= 11 is 12.0. The van der Waals surface area contributed by atoms with Gasteiger partial charge in [0.15, 0.2) is 6.10 Å². The van der Waals surface area contributed by atoms with Crippen molar-refractivity contribution in [3.05, 3.63) is 28.2 Å². The van der Waals surface area contributed by atoms with Crippen molar-refractivity contribution in [1.82, 2.24) is 10.2 Å². The van der Waals surface area contributed by atoms with E-state index in [4.69, 9.17) is 27.9 Å². The lowest BCUT2D eigenvalue weighted by Crippen LogP contribution is -2.54. The van der Waals surface area contributed by atoms with Gasteiger partial charge in [0, 0.05) is 25.7 Å². The second-order valence-corrected chi connectivity index (χ2v) is 5.74. The van der Waals surface area contributed by atoms with E-state index in [-0.39, 0.29) is 18.3 Å². The lowest BCUT2D eigenvalue weighted by Gasteiger charge is -2.33. The first-order valence-electron chi connectivity index (χ1n) is 6.62. The Labute approximate surface area is 141 Å². The predicted molar refractivity (Wildman–Crippen MR) is 87.8 cm³/mol. The van der Waals surface area contributed by atoms with Crippen LogP contribution in [0.3, 0.4) is 0 Å². The lowest BCUT2D eigenvalue weighted by atomic mass is 10.2. The fourth-order valence-electron chi connectivity index (χ4n) is 2.21. The molecule has 2 rings (SSSR count). The number of carbonyl (C=O) groups excluding carboxylic acids is 1. The minimum absolute atomic E-state index is 0. The van der Waals surface area contributed by atoms with Crippen molar-refractivity contribution >= 4 is 41.5 Å². The number of amides is 1. The molecule has 1 amide bonds. The highest BCUT2D eigenvalue weighted by molar-refractivity contribution is 6.42. The molecule has 0 aromatic heterocycles. The number of hydrogen-bond donors (Lipinski definition) is 1. The van der Waals surface area contributed by atoms with Gasteiger partial charge >= 0.3 is 0 Å². The van der Waals surface area contributed by atoms with Gasteiger partial charge in [-0.1, -0.05) is 29.3 Å². The molecule has 0 spiro atoms. The number of benzene rings is 1.